The van der Waals surface area contributed by atoms with Gasteiger partial charge in [-0.05, 0) is 19.0 Å². The highest BCUT2D eigenvalue weighted by Gasteiger charge is 2.25. The summed E-state index contributed by atoms with van der Waals surface area (Å²) in [6, 6.07) is 8.93. The van der Waals surface area contributed by atoms with E-state index in [1.165, 1.54) is 45.7 Å². The lowest BCUT2D eigenvalue weighted by atomic mass is 10.1. The highest BCUT2D eigenvalue weighted by molar-refractivity contribution is 5.57. The van der Waals surface area contributed by atoms with Crippen LogP contribution < -0.4 is 10.1 Å². The second-order valence-corrected chi connectivity index (χ2v) is 6.13. The van der Waals surface area contributed by atoms with Gasteiger partial charge in [-0.2, -0.15) is 0 Å². The van der Waals surface area contributed by atoms with Crippen LogP contribution in [0.25, 0.3) is 6.08 Å². The number of benzene rings is 1. The molecule has 0 aliphatic carbocycles. The summed E-state index contributed by atoms with van der Waals surface area (Å²) in [5.41, 5.74) is 1.15. The van der Waals surface area contributed by atoms with Gasteiger partial charge < -0.3 is 10.1 Å². The van der Waals surface area contributed by atoms with Crippen molar-refractivity contribution in [2.75, 3.05) is 52.9 Å². The van der Waals surface area contributed by atoms with E-state index in [1.54, 1.807) is 7.11 Å². The van der Waals surface area contributed by atoms with Gasteiger partial charge in [-0.15, -0.1) is 0 Å². The van der Waals surface area contributed by atoms with E-state index >= 15 is 0 Å². The molecule has 2 aliphatic heterocycles. The molecule has 0 spiro atoms. The van der Waals surface area contributed by atoms with E-state index in [2.05, 4.69) is 39.4 Å². The van der Waals surface area contributed by atoms with E-state index in [0.29, 0.717) is 0 Å². The standard InChI is InChI=1S/C18H27N3O/c1-22-18-7-3-2-5-16(18)6-4-10-20-11-13-21(14-12-20)17-8-9-19-15-17/h2-7,17,19H,8-15H2,1H3/b6-4+. The molecule has 1 unspecified atom stereocenters. The van der Waals surface area contributed by atoms with Crippen LogP contribution in [0, 0.1) is 0 Å². The molecule has 22 heavy (non-hydrogen) atoms. The molecule has 3 rings (SSSR count). The van der Waals surface area contributed by atoms with Gasteiger partial charge in [-0.1, -0.05) is 30.4 Å². The SMILES string of the molecule is COc1ccccc1/C=C/CN1CCN(C2CCNC2)CC1. The third-order valence-corrected chi connectivity index (χ3v) is 4.76. The fourth-order valence-corrected chi connectivity index (χ4v) is 3.40. The van der Waals surface area contributed by atoms with Crippen LogP contribution in [0.5, 0.6) is 5.75 Å². The van der Waals surface area contributed by atoms with Crippen molar-refractivity contribution in [3.05, 3.63) is 35.9 Å². The zero-order valence-corrected chi connectivity index (χ0v) is 13.5. The molecule has 1 aromatic rings. The Hall–Kier alpha value is -1.36. The number of piperazine rings is 1. The van der Waals surface area contributed by atoms with Gasteiger partial charge in [0, 0.05) is 50.9 Å². The first-order valence-electron chi connectivity index (χ1n) is 8.33. The molecule has 0 aromatic heterocycles. The van der Waals surface area contributed by atoms with Crippen molar-refractivity contribution in [1.82, 2.24) is 15.1 Å². The molecule has 2 heterocycles. The van der Waals surface area contributed by atoms with Crippen molar-refractivity contribution >= 4 is 6.08 Å². The molecule has 2 aliphatic rings. The summed E-state index contributed by atoms with van der Waals surface area (Å²) < 4.78 is 5.38. The van der Waals surface area contributed by atoms with E-state index in [-0.39, 0.29) is 0 Å². The lowest BCUT2D eigenvalue weighted by Gasteiger charge is -2.37. The normalized spacial score (nSPS) is 24.1. The molecule has 2 fully saturated rings. The predicted molar refractivity (Wildman–Crippen MR) is 91.3 cm³/mol. The topological polar surface area (TPSA) is 27.7 Å². The van der Waals surface area contributed by atoms with Crippen LogP contribution in [-0.2, 0) is 0 Å². The van der Waals surface area contributed by atoms with Gasteiger partial charge in [0.25, 0.3) is 0 Å². The minimum Gasteiger partial charge on any atom is -0.496 e. The van der Waals surface area contributed by atoms with E-state index in [4.69, 9.17) is 4.74 Å². The van der Waals surface area contributed by atoms with Gasteiger partial charge >= 0.3 is 0 Å². The Labute approximate surface area is 133 Å². The van der Waals surface area contributed by atoms with E-state index in [9.17, 15) is 0 Å². The third kappa shape index (κ3) is 3.88. The predicted octanol–water partition coefficient (Wildman–Crippen LogP) is 1.69. The van der Waals surface area contributed by atoms with Crippen molar-refractivity contribution in [3.8, 4) is 5.75 Å². The monoisotopic (exact) mass is 301 g/mol. The van der Waals surface area contributed by atoms with Crippen molar-refractivity contribution in [3.63, 3.8) is 0 Å². The lowest BCUT2D eigenvalue weighted by Crippen LogP contribution is -2.50. The summed E-state index contributed by atoms with van der Waals surface area (Å²) in [6.45, 7) is 8.14. The van der Waals surface area contributed by atoms with Gasteiger partial charge in [0.2, 0.25) is 0 Å². The average molecular weight is 301 g/mol. The summed E-state index contributed by atoms with van der Waals surface area (Å²) >= 11 is 0. The lowest BCUT2D eigenvalue weighted by molar-refractivity contribution is 0.110. The molecule has 0 amide bonds. The van der Waals surface area contributed by atoms with Gasteiger partial charge in [0.15, 0.2) is 0 Å². The van der Waals surface area contributed by atoms with Crippen LogP contribution in [0.3, 0.4) is 0 Å². The second-order valence-electron chi connectivity index (χ2n) is 6.13. The maximum Gasteiger partial charge on any atom is 0.126 e. The molecule has 2 saturated heterocycles. The number of methoxy groups -OCH3 is 1. The van der Waals surface area contributed by atoms with Crippen LogP contribution in [0.2, 0.25) is 0 Å². The molecular weight excluding hydrogens is 274 g/mol. The number of rotatable bonds is 5. The first-order valence-corrected chi connectivity index (χ1v) is 8.33. The number of hydrogen-bond donors (Lipinski definition) is 1. The molecule has 120 valence electrons. The number of hydrogen-bond acceptors (Lipinski definition) is 4. The fourth-order valence-electron chi connectivity index (χ4n) is 3.40. The van der Waals surface area contributed by atoms with Crippen molar-refractivity contribution in [1.29, 1.82) is 0 Å². The Morgan fingerprint density at radius 2 is 2.05 bits per heavy atom. The minimum atomic E-state index is 0.770. The molecule has 0 saturated carbocycles. The van der Waals surface area contributed by atoms with E-state index in [0.717, 1.165) is 23.9 Å². The first kappa shape index (κ1) is 15.5. The fraction of sp³-hybridized carbons (Fsp3) is 0.556. The van der Waals surface area contributed by atoms with Crippen molar-refractivity contribution < 1.29 is 4.74 Å². The molecular formula is C18H27N3O. The Balaban J connectivity index is 1.45. The molecule has 4 nitrogen and oxygen atoms in total. The molecule has 1 aromatic carbocycles. The van der Waals surface area contributed by atoms with Crippen LogP contribution in [-0.4, -0.2) is 68.8 Å². The van der Waals surface area contributed by atoms with Gasteiger partial charge in [-0.3, -0.25) is 9.80 Å². The maximum atomic E-state index is 5.38. The molecule has 1 N–H and O–H groups in total. The second kappa shape index (κ2) is 7.77. The Morgan fingerprint density at radius 1 is 1.23 bits per heavy atom. The zero-order valence-electron chi connectivity index (χ0n) is 13.5. The average Bonchev–Trinajstić information content (AvgIpc) is 3.10. The highest BCUT2D eigenvalue weighted by atomic mass is 16.5. The summed E-state index contributed by atoms with van der Waals surface area (Å²) in [5, 5.41) is 3.47. The zero-order chi connectivity index (χ0) is 15.2. The first-order chi connectivity index (χ1) is 10.9. The third-order valence-electron chi connectivity index (χ3n) is 4.76. The van der Waals surface area contributed by atoms with Crippen LogP contribution in [0.4, 0.5) is 0 Å². The molecule has 4 heteroatoms. The van der Waals surface area contributed by atoms with Crippen LogP contribution in [0.1, 0.15) is 12.0 Å². The number of para-hydroxylation sites is 1. The molecule has 1 atom stereocenters. The Bertz CT molecular complexity index is 489. The van der Waals surface area contributed by atoms with Gasteiger partial charge in [0.1, 0.15) is 5.75 Å². The minimum absolute atomic E-state index is 0.770. The van der Waals surface area contributed by atoms with Crippen molar-refractivity contribution in [2.45, 2.75) is 12.5 Å². The number of nitrogens with zero attached hydrogens (tertiary/aromatic N) is 2. The summed E-state index contributed by atoms with van der Waals surface area (Å²) in [4.78, 5) is 5.19. The molecule has 0 radical (unpaired) electrons. The summed E-state index contributed by atoms with van der Waals surface area (Å²) in [7, 11) is 1.73. The smallest absolute Gasteiger partial charge is 0.126 e. The molecule has 0 bridgehead atoms. The summed E-state index contributed by atoms with van der Waals surface area (Å²) in [5.74, 6) is 0.942. The number of nitrogens with one attached hydrogen (secondary N) is 1. The van der Waals surface area contributed by atoms with E-state index < -0.39 is 0 Å². The Morgan fingerprint density at radius 3 is 2.77 bits per heavy atom. The quantitative estimate of drug-likeness (QED) is 0.896. The van der Waals surface area contributed by atoms with Crippen LogP contribution >= 0.6 is 0 Å². The number of ether oxygens (including phenoxy) is 1. The van der Waals surface area contributed by atoms with Crippen molar-refractivity contribution in [2.24, 2.45) is 0 Å². The van der Waals surface area contributed by atoms with Gasteiger partial charge in [-0.25, -0.2) is 0 Å². The van der Waals surface area contributed by atoms with Gasteiger partial charge in [0.05, 0.1) is 7.11 Å². The Kier molecular flexibility index (Phi) is 5.48. The highest BCUT2D eigenvalue weighted by Crippen LogP contribution is 2.18. The summed E-state index contributed by atoms with van der Waals surface area (Å²) in [6.07, 6.45) is 5.74. The van der Waals surface area contributed by atoms with Crippen LogP contribution in [0.15, 0.2) is 30.3 Å². The maximum absolute atomic E-state index is 5.38. The van der Waals surface area contributed by atoms with E-state index in [1.807, 2.05) is 12.1 Å². The largest absolute Gasteiger partial charge is 0.496 e.